The van der Waals surface area contributed by atoms with E-state index in [4.69, 9.17) is 13.8 Å². The number of hydrogen-bond acceptors (Lipinski definition) is 6. The Labute approximate surface area is 479 Å². The van der Waals surface area contributed by atoms with Crippen LogP contribution in [0.4, 0.5) is 0 Å². The number of allylic oxidation sites excluding steroid dienone is 21. The Balaban J connectivity index is 5.38. The quantitative estimate of drug-likeness (QED) is 0.0205. The zero-order valence-electron chi connectivity index (χ0n) is 50.6. The van der Waals surface area contributed by atoms with Gasteiger partial charge in [-0.2, -0.15) is 0 Å². The molecule has 0 aliphatic heterocycles. The maximum Gasteiger partial charge on any atom is 0.472 e. The van der Waals surface area contributed by atoms with Crippen molar-refractivity contribution in [3.8, 4) is 0 Å². The monoisotopic (exact) mass is 1100 g/mol. The summed E-state index contributed by atoms with van der Waals surface area (Å²) in [5, 5.41) is 3.00. The second-order valence-electron chi connectivity index (χ2n) is 21.5. The Morgan fingerprint density at radius 1 is 0.462 bits per heavy atom. The SMILES string of the molecule is CC/C=C\C/C=C\C/C=C\C/C=C\C/C=C\CCCCCCCCCC(=O)OC(/C=C\CCCCCCCCCCCCC)C(COP(=O)(O)OCC[N+](C)(C)C)NC(=O)CC/C=C/C/C=C/C/C=C/C/C=C/C/C=C/CC. The van der Waals surface area contributed by atoms with Crippen molar-refractivity contribution >= 4 is 19.7 Å². The van der Waals surface area contributed by atoms with Crippen LogP contribution in [0.15, 0.2) is 134 Å². The van der Waals surface area contributed by atoms with Crippen molar-refractivity contribution in [3.05, 3.63) is 134 Å². The molecular formula is C68H116N2O7P+. The number of phosphoric ester groups is 1. The Bertz CT molecular complexity index is 1800. The fraction of sp³-hybridized carbons (Fsp3) is 0.647. The van der Waals surface area contributed by atoms with E-state index in [0.29, 0.717) is 23.9 Å². The minimum Gasteiger partial charge on any atom is -0.456 e. The number of carbonyl (C=O) groups excluding carboxylic acids is 2. The molecule has 2 N–H and O–H groups in total. The Hall–Kier alpha value is -3.85. The van der Waals surface area contributed by atoms with Crippen LogP contribution in [0, 0.1) is 0 Å². The number of phosphoric acid groups is 1. The molecule has 0 aromatic rings. The van der Waals surface area contributed by atoms with Crippen LogP contribution in [0.5, 0.6) is 0 Å². The van der Waals surface area contributed by atoms with Crippen molar-refractivity contribution in [1.82, 2.24) is 5.32 Å². The molecule has 1 amide bonds. The first-order valence-corrected chi connectivity index (χ1v) is 32.5. The molecule has 78 heavy (non-hydrogen) atoms. The maximum atomic E-state index is 13.5. The Kier molecular flexibility index (Phi) is 53.6. The molecule has 444 valence electrons. The summed E-state index contributed by atoms with van der Waals surface area (Å²) in [6.07, 6.45) is 80.4. The topological polar surface area (TPSA) is 111 Å². The number of esters is 1. The first-order chi connectivity index (χ1) is 37.9. The molecule has 0 aliphatic rings. The molecule has 3 unspecified atom stereocenters. The van der Waals surface area contributed by atoms with Crippen molar-refractivity contribution in [2.45, 2.75) is 245 Å². The number of likely N-dealkylation sites (N-methyl/N-ethyl adjacent to an activating group) is 1. The summed E-state index contributed by atoms with van der Waals surface area (Å²) in [5.41, 5.74) is 0. The molecule has 0 rings (SSSR count). The fourth-order valence-corrected chi connectivity index (χ4v) is 8.87. The fourth-order valence-electron chi connectivity index (χ4n) is 8.13. The number of quaternary nitrogens is 1. The molecule has 0 aromatic carbocycles. The lowest BCUT2D eigenvalue weighted by molar-refractivity contribution is -0.870. The molecule has 0 fully saturated rings. The molecule has 9 nitrogen and oxygen atoms in total. The molecular weight excluding hydrogens is 988 g/mol. The van der Waals surface area contributed by atoms with E-state index >= 15 is 0 Å². The third-order valence-corrected chi connectivity index (χ3v) is 13.8. The van der Waals surface area contributed by atoms with Gasteiger partial charge in [-0.3, -0.25) is 18.6 Å². The molecule has 0 heterocycles. The highest BCUT2D eigenvalue weighted by atomic mass is 31.2. The van der Waals surface area contributed by atoms with E-state index in [0.717, 1.165) is 109 Å². The number of unbranched alkanes of at least 4 members (excludes halogenated alkanes) is 18. The molecule has 0 aromatic heterocycles. The van der Waals surface area contributed by atoms with Crippen LogP contribution in [0.25, 0.3) is 0 Å². The summed E-state index contributed by atoms with van der Waals surface area (Å²) in [6, 6.07) is -0.902. The van der Waals surface area contributed by atoms with Crippen molar-refractivity contribution in [2.24, 2.45) is 0 Å². The number of hydrogen-bond donors (Lipinski definition) is 2. The van der Waals surface area contributed by atoms with Gasteiger partial charge in [0, 0.05) is 12.8 Å². The summed E-state index contributed by atoms with van der Waals surface area (Å²) < 4.78 is 30.6. The van der Waals surface area contributed by atoms with Gasteiger partial charge in [0.25, 0.3) is 0 Å². The Morgan fingerprint density at radius 3 is 1.26 bits per heavy atom. The third-order valence-electron chi connectivity index (χ3n) is 12.8. The van der Waals surface area contributed by atoms with Gasteiger partial charge in [-0.05, 0) is 109 Å². The predicted molar refractivity (Wildman–Crippen MR) is 336 cm³/mol. The van der Waals surface area contributed by atoms with Crippen LogP contribution in [-0.2, 0) is 27.9 Å². The molecule has 0 radical (unpaired) electrons. The molecule has 0 spiro atoms. The van der Waals surface area contributed by atoms with Crippen molar-refractivity contribution in [3.63, 3.8) is 0 Å². The minimum atomic E-state index is -4.48. The highest BCUT2D eigenvalue weighted by molar-refractivity contribution is 7.47. The van der Waals surface area contributed by atoms with Crippen LogP contribution >= 0.6 is 7.82 Å². The lowest BCUT2D eigenvalue weighted by Crippen LogP contribution is -2.47. The second-order valence-corrected chi connectivity index (χ2v) is 22.9. The molecule has 0 saturated carbocycles. The van der Waals surface area contributed by atoms with E-state index in [-0.39, 0.29) is 37.9 Å². The number of ether oxygens (including phenoxy) is 1. The van der Waals surface area contributed by atoms with Gasteiger partial charge in [0.05, 0.1) is 33.8 Å². The van der Waals surface area contributed by atoms with Crippen molar-refractivity contribution < 1.29 is 37.3 Å². The summed E-state index contributed by atoms with van der Waals surface area (Å²) in [4.78, 5) is 37.7. The van der Waals surface area contributed by atoms with Crippen LogP contribution in [0.2, 0.25) is 0 Å². The summed E-state index contributed by atoms with van der Waals surface area (Å²) in [5.74, 6) is -0.624. The lowest BCUT2D eigenvalue weighted by Gasteiger charge is -2.27. The summed E-state index contributed by atoms with van der Waals surface area (Å²) in [6.45, 7) is 6.70. The molecule has 0 bridgehead atoms. The van der Waals surface area contributed by atoms with E-state index in [1.807, 2.05) is 45.4 Å². The van der Waals surface area contributed by atoms with Crippen LogP contribution in [-0.4, -0.2) is 74.3 Å². The van der Waals surface area contributed by atoms with E-state index in [1.54, 1.807) is 0 Å². The molecule has 10 heteroatoms. The van der Waals surface area contributed by atoms with Gasteiger partial charge in [-0.1, -0.05) is 245 Å². The van der Waals surface area contributed by atoms with Gasteiger partial charge in [0.1, 0.15) is 19.3 Å². The number of amides is 1. The standard InChI is InChI=1S/C68H115N2O7P/c1-7-10-13-16-19-22-25-28-30-32-33-34-35-36-37-38-40-43-46-49-52-55-58-61-68(72)77-66(59-56-53-50-47-44-41-27-24-21-18-15-12-9-3)65(64-76-78(73,74)75-63-62-70(4,5)6)69-67(71)60-57-54-51-48-45-42-39-31-29-26-23-20-17-14-11-8-2/h10-11,13-14,19-20,22-23,28-31,33-34,36-37,42,45,51,54,56,59,65-66H,7-9,12,15-18,21,24-27,32,35,38-41,43-44,46-50,52-53,55,57-58,60-64H2,1-6H3,(H-,69,71,73,74)/p+1/b13-10-,14-11+,22-19-,23-20+,30-28-,31-29+,34-33-,37-36-,45-42+,54-51+,59-56-. The van der Waals surface area contributed by atoms with Gasteiger partial charge in [0.15, 0.2) is 0 Å². The van der Waals surface area contributed by atoms with E-state index in [1.165, 1.54) is 77.0 Å². The van der Waals surface area contributed by atoms with Crippen molar-refractivity contribution in [2.75, 3.05) is 40.9 Å². The maximum absolute atomic E-state index is 13.5. The van der Waals surface area contributed by atoms with Gasteiger partial charge in [-0.15, -0.1) is 0 Å². The number of rotatable bonds is 54. The zero-order chi connectivity index (χ0) is 57.2. The van der Waals surface area contributed by atoms with Crippen molar-refractivity contribution in [1.29, 1.82) is 0 Å². The number of nitrogens with one attached hydrogen (secondary N) is 1. The highest BCUT2D eigenvalue weighted by Crippen LogP contribution is 2.43. The van der Waals surface area contributed by atoms with Gasteiger partial charge in [-0.25, -0.2) is 4.57 Å². The van der Waals surface area contributed by atoms with Gasteiger partial charge in [0.2, 0.25) is 5.91 Å². The third kappa shape index (κ3) is 56.9. The smallest absolute Gasteiger partial charge is 0.456 e. The predicted octanol–water partition coefficient (Wildman–Crippen LogP) is 19.3. The molecule has 3 atom stereocenters. The minimum absolute atomic E-state index is 0.0178. The zero-order valence-corrected chi connectivity index (χ0v) is 51.5. The average Bonchev–Trinajstić information content (AvgIpc) is 3.40. The number of nitrogens with zero attached hydrogens (tertiary/aromatic N) is 1. The highest BCUT2D eigenvalue weighted by Gasteiger charge is 2.30. The van der Waals surface area contributed by atoms with Gasteiger partial charge >= 0.3 is 13.8 Å². The lowest BCUT2D eigenvalue weighted by atomic mass is 10.0. The van der Waals surface area contributed by atoms with Gasteiger partial charge < -0.3 is 19.4 Å². The Morgan fingerprint density at radius 2 is 0.833 bits per heavy atom. The molecule has 0 aliphatic carbocycles. The first kappa shape index (κ1) is 74.2. The van der Waals surface area contributed by atoms with E-state index in [2.05, 4.69) is 135 Å². The van der Waals surface area contributed by atoms with E-state index < -0.39 is 20.0 Å². The second kappa shape index (κ2) is 56.4. The number of carbonyl (C=O) groups is 2. The average molecular weight is 1100 g/mol. The first-order valence-electron chi connectivity index (χ1n) is 31.0. The summed E-state index contributed by atoms with van der Waals surface area (Å²) >= 11 is 0. The van der Waals surface area contributed by atoms with E-state index in [9.17, 15) is 19.0 Å². The summed E-state index contributed by atoms with van der Waals surface area (Å²) in [7, 11) is 1.42. The molecule has 0 saturated heterocycles. The largest absolute Gasteiger partial charge is 0.472 e. The van der Waals surface area contributed by atoms with Crippen LogP contribution in [0.3, 0.4) is 0 Å². The normalized spacial score (nSPS) is 14.6. The van der Waals surface area contributed by atoms with Crippen LogP contribution in [0.1, 0.15) is 233 Å². The van der Waals surface area contributed by atoms with Crippen LogP contribution < -0.4 is 5.32 Å².